The van der Waals surface area contributed by atoms with E-state index < -0.39 is 6.10 Å². The van der Waals surface area contributed by atoms with Gasteiger partial charge in [-0.3, -0.25) is 4.79 Å². The molecular weight excluding hydrogens is 288 g/mol. The maximum atomic E-state index is 13.1. The maximum Gasteiger partial charge on any atom is 0.165 e. The Morgan fingerprint density at radius 3 is 2.52 bits per heavy atom. The summed E-state index contributed by atoms with van der Waals surface area (Å²) in [5.74, 6) is 0.828. The molecule has 1 spiro atoms. The van der Waals surface area contributed by atoms with E-state index in [2.05, 4.69) is 27.4 Å². The molecule has 128 valence electrons. The van der Waals surface area contributed by atoms with Crippen molar-refractivity contribution < 1.29 is 15.0 Å². The van der Waals surface area contributed by atoms with Gasteiger partial charge in [0.25, 0.3) is 0 Å². The fourth-order valence-corrected chi connectivity index (χ4v) is 7.44. The molecular formula is C20H30O3. The Bertz CT molecular complexity index is 579. The first-order valence-electron chi connectivity index (χ1n) is 9.24. The van der Waals surface area contributed by atoms with Gasteiger partial charge in [-0.15, -0.1) is 0 Å². The largest absolute Gasteiger partial charge is 0.393 e. The van der Waals surface area contributed by atoms with Crippen LogP contribution < -0.4 is 0 Å². The van der Waals surface area contributed by atoms with E-state index in [4.69, 9.17) is 0 Å². The van der Waals surface area contributed by atoms with E-state index in [-0.39, 0.29) is 40.0 Å². The summed E-state index contributed by atoms with van der Waals surface area (Å²) in [5.41, 5.74) is 0.183. The summed E-state index contributed by atoms with van der Waals surface area (Å²) in [6, 6.07) is 0. The molecule has 0 heterocycles. The van der Waals surface area contributed by atoms with E-state index in [0.29, 0.717) is 12.3 Å². The second-order valence-corrected chi connectivity index (χ2v) is 9.67. The number of carbonyl (C=O) groups excluding carboxylic acids is 1. The van der Waals surface area contributed by atoms with Gasteiger partial charge in [-0.2, -0.15) is 0 Å². The van der Waals surface area contributed by atoms with Crippen molar-refractivity contribution in [2.45, 2.75) is 71.5 Å². The fraction of sp³-hybridized carbons (Fsp3) is 0.850. The Hall–Kier alpha value is -0.670. The van der Waals surface area contributed by atoms with Gasteiger partial charge in [-0.1, -0.05) is 27.4 Å². The third-order valence-electron chi connectivity index (χ3n) is 8.45. The molecule has 0 saturated heterocycles. The van der Waals surface area contributed by atoms with Crippen molar-refractivity contribution in [3.8, 4) is 0 Å². The molecule has 2 bridgehead atoms. The number of ketones is 1. The van der Waals surface area contributed by atoms with Crippen molar-refractivity contribution in [1.82, 2.24) is 0 Å². The van der Waals surface area contributed by atoms with Gasteiger partial charge in [0.15, 0.2) is 5.78 Å². The summed E-state index contributed by atoms with van der Waals surface area (Å²) in [7, 11) is 0. The van der Waals surface area contributed by atoms with Crippen molar-refractivity contribution >= 4 is 5.78 Å². The van der Waals surface area contributed by atoms with Gasteiger partial charge in [-0.05, 0) is 66.8 Å². The molecule has 3 nitrogen and oxygen atoms in total. The topological polar surface area (TPSA) is 57.5 Å². The van der Waals surface area contributed by atoms with Crippen LogP contribution in [-0.2, 0) is 4.79 Å². The highest BCUT2D eigenvalue weighted by Crippen LogP contribution is 2.70. The lowest BCUT2D eigenvalue weighted by molar-refractivity contribution is -0.207. The van der Waals surface area contributed by atoms with Crippen molar-refractivity contribution in [3.63, 3.8) is 0 Å². The van der Waals surface area contributed by atoms with Gasteiger partial charge in [0.05, 0.1) is 12.2 Å². The highest BCUT2D eigenvalue weighted by Gasteiger charge is 2.69. The number of carbonyl (C=O) groups is 1. The molecule has 0 amide bonds. The van der Waals surface area contributed by atoms with Crippen LogP contribution in [0.4, 0.5) is 0 Å². The number of allylic oxidation sites excluding steroid dienone is 1. The number of Topliss-reactive ketones (excluding diaryl/α,β-unsaturated/α-hetero) is 1. The zero-order valence-corrected chi connectivity index (χ0v) is 14.6. The van der Waals surface area contributed by atoms with E-state index >= 15 is 0 Å². The second kappa shape index (κ2) is 4.49. The molecule has 4 aliphatic carbocycles. The van der Waals surface area contributed by atoms with Crippen LogP contribution in [0.3, 0.4) is 0 Å². The molecule has 0 aromatic heterocycles. The lowest BCUT2D eigenvalue weighted by Crippen LogP contribution is -2.63. The Morgan fingerprint density at radius 1 is 1.13 bits per heavy atom. The van der Waals surface area contributed by atoms with E-state index in [1.165, 1.54) is 0 Å². The minimum atomic E-state index is -0.407. The third-order valence-corrected chi connectivity index (χ3v) is 8.45. The van der Waals surface area contributed by atoms with Crippen molar-refractivity contribution in [3.05, 3.63) is 12.2 Å². The summed E-state index contributed by atoms with van der Waals surface area (Å²) >= 11 is 0. The summed E-state index contributed by atoms with van der Waals surface area (Å²) < 4.78 is 0. The SMILES string of the molecule is C=C1C(=O)[C@@]23CCC4C(C)(C)[C@H](O)CC[C@@]4(C)C2[C@@H](O)C[C@@H]1C3. The smallest absolute Gasteiger partial charge is 0.165 e. The molecule has 0 aromatic rings. The quantitative estimate of drug-likeness (QED) is 0.675. The van der Waals surface area contributed by atoms with Crippen molar-refractivity contribution in [2.24, 2.45) is 34.0 Å². The number of aliphatic hydroxyl groups excluding tert-OH is 2. The number of aliphatic hydroxyl groups is 2. The molecule has 4 aliphatic rings. The standard InChI is InChI=1S/C20H30O3/c1-11-12-9-13(21)16-19(4)7-6-15(22)18(2,3)14(19)5-8-20(16,10-12)17(11)23/h12-16,21-22H,1,5-10H2,2-4H3/t12-,13+,14?,15-,16?,19-,20-/m1/s1. The van der Waals surface area contributed by atoms with E-state index in [9.17, 15) is 15.0 Å². The van der Waals surface area contributed by atoms with Crippen LogP contribution in [0.1, 0.15) is 59.3 Å². The maximum absolute atomic E-state index is 13.1. The lowest BCUT2D eigenvalue weighted by atomic mass is 9.40. The van der Waals surface area contributed by atoms with Gasteiger partial charge < -0.3 is 10.2 Å². The Morgan fingerprint density at radius 2 is 1.83 bits per heavy atom. The van der Waals surface area contributed by atoms with Crippen molar-refractivity contribution in [1.29, 1.82) is 0 Å². The summed E-state index contributed by atoms with van der Waals surface area (Å²) in [5, 5.41) is 21.5. The highest BCUT2D eigenvalue weighted by atomic mass is 16.3. The van der Waals surface area contributed by atoms with Crippen LogP contribution in [0.25, 0.3) is 0 Å². The highest BCUT2D eigenvalue weighted by molar-refractivity contribution is 6.03. The molecule has 0 radical (unpaired) electrons. The summed E-state index contributed by atoms with van der Waals surface area (Å²) in [6.45, 7) is 10.7. The molecule has 0 aliphatic heterocycles. The number of rotatable bonds is 0. The minimum absolute atomic E-state index is 0.0310. The van der Waals surface area contributed by atoms with E-state index in [0.717, 1.165) is 37.7 Å². The molecule has 2 N–H and O–H groups in total. The van der Waals surface area contributed by atoms with E-state index in [1.54, 1.807) is 0 Å². The Labute approximate surface area is 139 Å². The van der Waals surface area contributed by atoms with Gasteiger partial charge >= 0.3 is 0 Å². The Kier molecular flexibility index (Phi) is 3.09. The van der Waals surface area contributed by atoms with Crippen molar-refractivity contribution in [2.75, 3.05) is 0 Å². The molecule has 0 aromatic carbocycles. The zero-order chi connectivity index (χ0) is 16.8. The first kappa shape index (κ1) is 15.8. The summed E-state index contributed by atoms with van der Waals surface area (Å²) in [4.78, 5) is 13.1. The molecule has 4 rings (SSSR count). The first-order chi connectivity index (χ1) is 10.6. The predicted molar refractivity (Wildman–Crippen MR) is 88.7 cm³/mol. The monoisotopic (exact) mass is 318 g/mol. The molecule has 4 saturated carbocycles. The average Bonchev–Trinajstić information content (AvgIpc) is 2.65. The van der Waals surface area contributed by atoms with Gasteiger partial charge in [0.2, 0.25) is 0 Å². The van der Waals surface area contributed by atoms with E-state index in [1.807, 2.05) is 0 Å². The molecule has 3 heteroatoms. The predicted octanol–water partition coefficient (Wildman–Crippen LogP) is 3.10. The molecule has 2 unspecified atom stereocenters. The Balaban J connectivity index is 1.83. The third kappa shape index (κ3) is 1.71. The first-order valence-corrected chi connectivity index (χ1v) is 9.24. The lowest BCUT2D eigenvalue weighted by Gasteiger charge is -2.64. The number of fused-ring (bicyclic) bond motifs is 3. The van der Waals surface area contributed by atoms with Crippen LogP contribution in [0, 0.1) is 34.0 Å². The zero-order valence-electron chi connectivity index (χ0n) is 14.6. The minimum Gasteiger partial charge on any atom is -0.393 e. The van der Waals surface area contributed by atoms with Gasteiger partial charge in [0.1, 0.15) is 0 Å². The normalized spacial score (nSPS) is 54.6. The van der Waals surface area contributed by atoms with Crippen LogP contribution in [0.15, 0.2) is 12.2 Å². The second-order valence-electron chi connectivity index (χ2n) is 9.67. The van der Waals surface area contributed by atoms with Crippen LogP contribution in [0.5, 0.6) is 0 Å². The van der Waals surface area contributed by atoms with Crippen LogP contribution in [-0.4, -0.2) is 28.2 Å². The summed E-state index contributed by atoms with van der Waals surface area (Å²) in [6.07, 6.45) is 4.44. The van der Waals surface area contributed by atoms with Gasteiger partial charge in [0, 0.05) is 11.3 Å². The number of hydrogen-bond donors (Lipinski definition) is 2. The number of hydrogen-bond acceptors (Lipinski definition) is 3. The molecule has 4 fully saturated rings. The average molecular weight is 318 g/mol. The molecule has 23 heavy (non-hydrogen) atoms. The molecule has 7 atom stereocenters. The van der Waals surface area contributed by atoms with Gasteiger partial charge in [-0.25, -0.2) is 0 Å². The fourth-order valence-electron chi connectivity index (χ4n) is 7.44. The van der Waals surface area contributed by atoms with Crippen LogP contribution in [0.2, 0.25) is 0 Å². The van der Waals surface area contributed by atoms with Crippen LogP contribution >= 0.6 is 0 Å².